The molecule has 1 aliphatic rings. The van der Waals surface area contributed by atoms with Gasteiger partial charge in [-0.2, -0.15) is 4.44 Å². The molecule has 0 heterocycles. The van der Waals surface area contributed by atoms with Crippen LogP contribution in [-0.2, 0) is 9.53 Å². The minimum atomic E-state index is -0.122. The average Bonchev–Trinajstić information content (AvgIpc) is 2.38. The molecule has 1 rings (SSSR count). The van der Waals surface area contributed by atoms with Crippen LogP contribution < -0.4 is 0 Å². The van der Waals surface area contributed by atoms with E-state index in [2.05, 4.69) is 4.74 Å². The van der Waals surface area contributed by atoms with Crippen molar-refractivity contribution in [1.82, 2.24) is 4.44 Å². The Morgan fingerprint density at radius 2 is 1.88 bits per heavy atom. The summed E-state index contributed by atoms with van der Waals surface area (Å²) < 4.78 is 6.48. The molecule has 0 aliphatic heterocycles. The third-order valence-electron chi connectivity index (χ3n) is 3.33. The number of nitrogens with one attached hydrogen (secondary N) is 2. The Labute approximate surface area is 105 Å². The molecule has 1 aliphatic carbocycles. The number of ether oxygens (including phenoxy) is 1. The first-order chi connectivity index (χ1) is 8.21. The number of esters is 1. The average molecular weight is 275 g/mol. The molecule has 1 saturated carbocycles. The predicted octanol–water partition coefficient (Wildman–Crippen LogP) is 4.05. The van der Waals surface area contributed by atoms with Crippen molar-refractivity contribution < 1.29 is 9.53 Å². The van der Waals surface area contributed by atoms with Crippen LogP contribution in [0.1, 0.15) is 38.5 Å². The summed E-state index contributed by atoms with van der Waals surface area (Å²) >= 11 is 0. The Morgan fingerprint density at radius 1 is 1.29 bits per heavy atom. The van der Waals surface area contributed by atoms with Crippen LogP contribution >= 0.6 is 17.0 Å². The van der Waals surface area contributed by atoms with Gasteiger partial charge in [0.15, 0.2) is 0 Å². The molecule has 17 heavy (non-hydrogen) atoms. The number of carbonyl (C=O) groups is 1. The summed E-state index contributed by atoms with van der Waals surface area (Å²) in [6.07, 6.45) is 5.72. The number of nitrogens with zero attached hydrogens (tertiary/aromatic N) is 1. The summed E-state index contributed by atoms with van der Waals surface area (Å²) in [7, 11) is 2.32. The lowest BCUT2D eigenvalue weighted by Gasteiger charge is -2.30. The van der Waals surface area contributed by atoms with Crippen molar-refractivity contribution in [2.75, 3.05) is 7.11 Å². The van der Waals surface area contributed by atoms with Crippen LogP contribution in [0.15, 0.2) is 0 Å². The molecule has 96 valence electrons. The van der Waals surface area contributed by atoms with Gasteiger partial charge in [-0.05, 0) is 38.0 Å². The van der Waals surface area contributed by atoms with Crippen molar-refractivity contribution >= 4 is 23.0 Å². The number of hydrogen-bond acceptors (Lipinski definition) is 4. The second-order valence-electron chi connectivity index (χ2n) is 4.31. The fourth-order valence-electron chi connectivity index (χ4n) is 2.27. The van der Waals surface area contributed by atoms with Crippen molar-refractivity contribution in [3.05, 3.63) is 0 Å². The van der Waals surface area contributed by atoms with Gasteiger partial charge in [0.2, 0.25) is 0 Å². The lowest BCUT2D eigenvalue weighted by atomic mass is 9.84. The zero-order chi connectivity index (χ0) is 12.7. The molecular weight excluding hydrogens is 256 g/mol. The van der Waals surface area contributed by atoms with Gasteiger partial charge in [0.1, 0.15) is 17.0 Å². The molecule has 1 fully saturated rings. The van der Waals surface area contributed by atoms with Gasteiger partial charge in [0, 0.05) is 12.5 Å². The van der Waals surface area contributed by atoms with Crippen molar-refractivity contribution in [1.29, 1.82) is 10.3 Å². The summed E-state index contributed by atoms with van der Waals surface area (Å²) in [5.74, 6) is 0.486. The predicted molar refractivity (Wildman–Crippen MR) is 68.1 cm³/mol. The highest BCUT2D eigenvalue weighted by atomic mass is 31.1. The summed E-state index contributed by atoms with van der Waals surface area (Å²) in [5.41, 5.74) is 0. The van der Waals surface area contributed by atoms with E-state index in [0.29, 0.717) is 35.4 Å². The summed E-state index contributed by atoms with van der Waals surface area (Å²) in [6.45, 7) is 0. The molecule has 7 heteroatoms. The van der Waals surface area contributed by atoms with Gasteiger partial charge in [-0.1, -0.05) is 0 Å². The van der Waals surface area contributed by atoms with Crippen LogP contribution in [-0.4, -0.2) is 23.6 Å². The topological polar surface area (TPSA) is 77.2 Å². The third kappa shape index (κ3) is 4.79. The lowest BCUT2D eigenvalue weighted by Crippen LogP contribution is -2.26. The van der Waals surface area contributed by atoms with Gasteiger partial charge in [-0.3, -0.25) is 15.1 Å². The Morgan fingerprint density at radius 3 is 2.35 bits per heavy atom. The molecule has 0 unspecified atom stereocenters. The molecule has 0 saturated heterocycles. The van der Waals surface area contributed by atoms with E-state index in [0.717, 1.165) is 32.1 Å². The molecule has 0 atom stereocenters. The van der Waals surface area contributed by atoms with Crippen LogP contribution in [0.2, 0.25) is 0 Å². The van der Waals surface area contributed by atoms with Gasteiger partial charge in [0.05, 0.1) is 7.11 Å². The molecule has 0 amide bonds. The van der Waals surface area contributed by atoms with Crippen molar-refractivity contribution in [2.45, 2.75) is 44.6 Å². The Balaban J connectivity index is 2.28. The molecular formula is C10H19N3O2P2. The number of carbonyl (C=O) groups excluding carboxylic acids is 1. The standard InChI is InChI=1S/C10H19N3O2P2/c1-15-10(14)7-4-8-2-5-9(6-3-8)13(16-11)17-12/h8-9,11-12H,2-7H2,1H3. The maximum Gasteiger partial charge on any atom is 0.305 e. The normalized spacial score (nSPS) is 25.3. The number of methoxy groups -OCH3 is 1. The van der Waals surface area contributed by atoms with Crippen LogP contribution in [0.3, 0.4) is 0 Å². The molecule has 2 N–H and O–H groups in total. The lowest BCUT2D eigenvalue weighted by molar-refractivity contribution is -0.141. The van der Waals surface area contributed by atoms with E-state index in [4.69, 9.17) is 10.3 Å². The zero-order valence-corrected chi connectivity index (χ0v) is 11.8. The second kappa shape index (κ2) is 7.86. The fourth-order valence-corrected chi connectivity index (χ4v) is 3.24. The smallest absolute Gasteiger partial charge is 0.305 e. The van der Waals surface area contributed by atoms with E-state index in [1.807, 2.05) is 4.44 Å². The van der Waals surface area contributed by atoms with Gasteiger partial charge >= 0.3 is 5.97 Å². The SMILES string of the molecule is COC(=O)CCC1CCC(N(P=N)P=N)CC1. The van der Waals surface area contributed by atoms with E-state index in [-0.39, 0.29) is 5.97 Å². The summed E-state index contributed by atoms with van der Waals surface area (Å²) in [5, 5.41) is 14.6. The van der Waals surface area contributed by atoms with Crippen LogP contribution in [0.4, 0.5) is 0 Å². The van der Waals surface area contributed by atoms with E-state index in [1.165, 1.54) is 7.11 Å². The van der Waals surface area contributed by atoms with E-state index >= 15 is 0 Å². The van der Waals surface area contributed by atoms with Crippen LogP contribution in [0.5, 0.6) is 0 Å². The largest absolute Gasteiger partial charge is 0.469 e. The molecule has 0 aromatic carbocycles. The molecule has 0 bridgehead atoms. The first-order valence-corrected chi connectivity index (χ1v) is 7.51. The minimum absolute atomic E-state index is 0.122. The van der Waals surface area contributed by atoms with E-state index < -0.39 is 0 Å². The van der Waals surface area contributed by atoms with Gasteiger partial charge < -0.3 is 4.74 Å². The monoisotopic (exact) mass is 275 g/mol. The quantitative estimate of drug-likeness (QED) is 0.567. The number of hydrogen-bond donors (Lipinski definition) is 2. The first kappa shape index (κ1) is 14.7. The Kier molecular flexibility index (Phi) is 6.79. The van der Waals surface area contributed by atoms with Gasteiger partial charge in [0.25, 0.3) is 0 Å². The van der Waals surface area contributed by atoms with Gasteiger partial charge in [-0.25, -0.2) is 0 Å². The Bertz CT molecular complexity index is 273. The highest BCUT2D eigenvalue weighted by Gasteiger charge is 2.25. The fraction of sp³-hybridized carbons (Fsp3) is 0.900. The second-order valence-corrected chi connectivity index (χ2v) is 5.89. The molecule has 0 aromatic heterocycles. The van der Waals surface area contributed by atoms with E-state index in [1.54, 1.807) is 0 Å². The number of rotatable bonds is 6. The molecule has 0 aromatic rings. The third-order valence-corrected chi connectivity index (χ3v) is 4.93. The van der Waals surface area contributed by atoms with Crippen molar-refractivity contribution in [3.63, 3.8) is 0 Å². The minimum Gasteiger partial charge on any atom is -0.469 e. The molecule has 5 nitrogen and oxygen atoms in total. The maximum absolute atomic E-state index is 11.0. The zero-order valence-electron chi connectivity index (χ0n) is 10.1. The maximum atomic E-state index is 11.0. The summed E-state index contributed by atoms with van der Waals surface area (Å²) in [4.78, 5) is 11.0. The van der Waals surface area contributed by atoms with Crippen molar-refractivity contribution in [3.8, 4) is 0 Å². The van der Waals surface area contributed by atoms with Crippen LogP contribution in [0, 0.1) is 16.2 Å². The highest BCUT2D eigenvalue weighted by molar-refractivity contribution is 7.39. The molecule has 0 radical (unpaired) electrons. The first-order valence-electron chi connectivity index (χ1n) is 5.82. The highest BCUT2D eigenvalue weighted by Crippen LogP contribution is 2.35. The van der Waals surface area contributed by atoms with Crippen molar-refractivity contribution in [2.24, 2.45) is 5.92 Å². The molecule has 0 spiro atoms. The van der Waals surface area contributed by atoms with Crippen LogP contribution in [0.25, 0.3) is 0 Å². The van der Waals surface area contributed by atoms with E-state index in [9.17, 15) is 4.79 Å². The Hall–Kier alpha value is -0.370. The summed E-state index contributed by atoms with van der Waals surface area (Å²) in [6, 6.07) is 0.378. The van der Waals surface area contributed by atoms with Gasteiger partial charge in [-0.15, -0.1) is 0 Å².